The second-order valence-electron chi connectivity index (χ2n) is 8.22. The number of halogens is 1. The van der Waals surface area contributed by atoms with E-state index in [1.54, 1.807) is 19.4 Å². The lowest BCUT2D eigenvalue weighted by Gasteiger charge is -2.18. The summed E-state index contributed by atoms with van der Waals surface area (Å²) >= 11 is 6.58. The molecule has 8 nitrogen and oxygen atoms in total. The molecule has 0 bridgehead atoms. The van der Waals surface area contributed by atoms with Crippen LogP contribution < -0.4 is 15.1 Å². The number of methoxy groups -OCH3 is 1. The zero-order valence-electron chi connectivity index (χ0n) is 18.7. The van der Waals surface area contributed by atoms with E-state index in [9.17, 15) is 4.79 Å². The number of ether oxygens (including phenoxy) is 1. The van der Waals surface area contributed by atoms with Crippen LogP contribution in [0.3, 0.4) is 0 Å². The molecule has 9 heteroatoms. The number of hydrogen-bond acceptors (Lipinski definition) is 6. The first-order chi connectivity index (χ1) is 15.4. The highest BCUT2D eigenvalue weighted by Crippen LogP contribution is 2.38. The maximum absolute atomic E-state index is 12.8. The van der Waals surface area contributed by atoms with Crippen molar-refractivity contribution in [1.82, 2.24) is 20.3 Å². The summed E-state index contributed by atoms with van der Waals surface area (Å²) in [7, 11) is 7.48. The third-order valence-corrected chi connectivity index (χ3v) is 6.23. The first-order valence-corrected chi connectivity index (χ1v) is 10.9. The third kappa shape index (κ3) is 4.39. The van der Waals surface area contributed by atoms with Crippen molar-refractivity contribution in [1.29, 1.82) is 0 Å². The van der Waals surface area contributed by atoms with Gasteiger partial charge in [0, 0.05) is 48.4 Å². The van der Waals surface area contributed by atoms with Crippen molar-refractivity contribution >= 4 is 34.2 Å². The molecule has 0 saturated carbocycles. The van der Waals surface area contributed by atoms with Crippen molar-refractivity contribution in [2.75, 3.05) is 46.3 Å². The fourth-order valence-corrected chi connectivity index (χ4v) is 4.29. The highest BCUT2D eigenvalue weighted by Gasteiger charge is 2.22. The largest absolute Gasteiger partial charge is 0.480 e. The van der Waals surface area contributed by atoms with E-state index in [-0.39, 0.29) is 5.91 Å². The summed E-state index contributed by atoms with van der Waals surface area (Å²) in [6.45, 7) is 1.52. The fraction of sp³-hybridized carbons (Fsp3) is 0.391. The van der Waals surface area contributed by atoms with Crippen molar-refractivity contribution in [2.45, 2.75) is 18.9 Å². The SMILES string of the molecule is COc1nc(N(C)C)ccc1-c1cc2c(C(=O)NOCC3CCCN3C)c[nH]c2cc1Cl. The van der Waals surface area contributed by atoms with E-state index in [1.807, 2.05) is 37.2 Å². The minimum atomic E-state index is -0.307. The van der Waals surface area contributed by atoms with Gasteiger partial charge in [-0.2, -0.15) is 4.98 Å². The molecule has 0 aliphatic carbocycles. The Labute approximate surface area is 192 Å². The Morgan fingerprint density at radius 2 is 2.16 bits per heavy atom. The van der Waals surface area contributed by atoms with Gasteiger partial charge in [-0.25, -0.2) is 5.48 Å². The predicted octanol–water partition coefficient (Wildman–Crippen LogP) is 3.71. The summed E-state index contributed by atoms with van der Waals surface area (Å²) in [4.78, 5) is 30.1. The summed E-state index contributed by atoms with van der Waals surface area (Å²) in [6, 6.07) is 7.83. The Balaban J connectivity index is 1.60. The Kier molecular flexibility index (Phi) is 6.55. The monoisotopic (exact) mass is 457 g/mol. The van der Waals surface area contributed by atoms with Crippen LogP contribution in [0.1, 0.15) is 23.2 Å². The first-order valence-electron chi connectivity index (χ1n) is 10.5. The van der Waals surface area contributed by atoms with Crippen LogP contribution in [0.25, 0.3) is 22.0 Å². The second kappa shape index (κ2) is 9.36. The number of aromatic amines is 1. The number of amides is 1. The van der Waals surface area contributed by atoms with Crippen molar-refractivity contribution in [2.24, 2.45) is 0 Å². The Morgan fingerprint density at radius 3 is 2.84 bits per heavy atom. The normalized spacial score (nSPS) is 16.5. The number of H-pyrrole nitrogens is 1. The van der Waals surface area contributed by atoms with Gasteiger partial charge in [-0.15, -0.1) is 0 Å². The van der Waals surface area contributed by atoms with E-state index in [2.05, 4.69) is 27.4 Å². The number of rotatable bonds is 7. The first kappa shape index (κ1) is 22.4. The molecule has 32 heavy (non-hydrogen) atoms. The maximum Gasteiger partial charge on any atom is 0.277 e. The quantitative estimate of drug-likeness (QED) is 0.526. The molecular formula is C23H28ClN5O3. The van der Waals surface area contributed by atoms with Crippen LogP contribution in [-0.2, 0) is 4.84 Å². The fourth-order valence-electron chi connectivity index (χ4n) is 4.03. The number of hydroxylamine groups is 1. The standard InChI is InChI=1S/C23H28ClN5O3/c1-28(2)21-8-7-15(23(26-21)31-4)16-10-17-18(12-25-20(17)11-19(16)24)22(30)27-32-13-14-6-5-9-29(14)3/h7-8,10-12,14,25H,5-6,9,13H2,1-4H3,(H,27,30). The molecule has 3 heterocycles. The Hall–Kier alpha value is -2.81. The number of fused-ring (bicyclic) bond motifs is 1. The van der Waals surface area contributed by atoms with Crippen LogP contribution in [0.15, 0.2) is 30.5 Å². The lowest BCUT2D eigenvalue weighted by Crippen LogP contribution is -2.34. The maximum atomic E-state index is 12.8. The lowest BCUT2D eigenvalue weighted by molar-refractivity contribution is 0.0125. The summed E-state index contributed by atoms with van der Waals surface area (Å²) in [5, 5.41) is 1.27. The minimum Gasteiger partial charge on any atom is -0.480 e. The molecule has 0 spiro atoms. The zero-order chi connectivity index (χ0) is 22.8. The highest BCUT2D eigenvalue weighted by molar-refractivity contribution is 6.34. The lowest BCUT2D eigenvalue weighted by atomic mass is 10.0. The number of benzene rings is 1. The zero-order valence-corrected chi connectivity index (χ0v) is 19.5. The van der Waals surface area contributed by atoms with Crippen molar-refractivity contribution < 1.29 is 14.4 Å². The highest BCUT2D eigenvalue weighted by atomic mass is 35.5. The smallest absolute Gasteiger partial charge is 0.277 e. The summed E-state index contributed by atoms with van der Waals surface area (Å²) in [5.74, 6) is 0.927. The van der Waals surface area contributed by atoms with E-state index < -0.39 is 0 Å². The molecule has 2 N–H and O–H groups in total. The number of nitrogens with zero attached hydrogens (tertiary/aromatic N) is 3. The number of nitrogens with one attached hydrogen (secondary N) is 2. The van der Waals surface area contributed by atoms with E-state index in [0.717, 1.165) is 47.2 Å². The average Bonchev–Trinajstić information content (AvgIpc) is 3.38. The van der Waals surface area contributed by atoms with Gasteiger partial charge in [0.1, 0.15) is 5.82 Å². The number of carbonyl (C=O) groups is 1. The predicted molar refractivity (Wildman–Crippen MR) is 126 cm³/mol. The van der Waals surface area contributed by atoms with Gasteiger partial charge >= 0.3 is 0 Å². The number of likely N-dealkylation sites (tertiary alicyclic amines) is 1. The molecule has 1 fully saturated rings. The van der Waals surface area contributed by atoms with E-state index in [4.69, 9.17) is 21.2 Å². The number of aromatic nitrogens is 2. The average molecular weight is 458 g/mol. The summed E-state index contributed by atoms with van der Waals surface area (Å²) in [5.41, 5.74) is 5.30. The summed E-state index contributed by atoms with van der Waals surface area (Å²) in [6.07, 6.45) is 3.89. The van der Waals surface area contributed by atoms with Crippen molar-refractivity contribution in [3.8, 4) is 17.0 Å². The van der Waals surface area contributed by atoms with Gasteiger partial charge in [-0.05, 0) is 50.7 Å². The van der Waals surface area contributed by atoms with Gasteiger partial charge in [0.15, 0.2) is 0 Å². The Morgan fingerprint density at radius 1 is 1.34 bits per heavy atom. The molecule has 3 aromatic rings. The minimum absolute atomic E-state index is 0.307. The van der Waals surface area contributed by atoms with Gasteiger partial charge in [0.25, 0.3) is 5.91 Å². The topological polar surface area (TPSA) is 82.7 Å². The molecular weight excluding hydrogens is 430 g/mol. The molecule has 2 aromatic heterocycles. The van der Waals surface area contributed by atoms with Crippen LogP contribution in [0.2, 0.25) is 5.02 Å². The molecule has 170 valence electrons. The van der Waals surface area contributed by atoms with Crippen LogP contribution in [0.5, 0.6) is 5.88 Å². The van der Waals surface area contributed by atoms with Crippen LogP contribution in [0, 0.1) is 0 Å². The molecule has 1 aliphatic rings. The molecule has 1 aromatic carbocycles. The number of anilines is 1. The van der Waals surface area contributed by atoms with Gasteiger partial charge in [0.05, 0.1) is 24.3 Å². The number of likely N-dealkylation sites (N-methyl/N-ethyl adjacent to an activating group) is 1. The van der Waals surface area contributed by atoms with Crippen LogP contribution in [0.4, 0.5) is 5.82 Å². The van der Waals surface area contributed by atoms with E-state index >= 15 is 0 Å². The molecule has 1 amide bonds. The van der Waals surface area contributed by atoms with Crippen molar-refractivity contribution in [3.63, 3.8) is 0 Å². The molecule has 1 saturated heterocycles. The second-order valence-corrected chi connectivity index (χ2v) is 8.63. The number of carbonyl (C=O) groups excluding carboxylic acids is 1. The summed E-state index contributed by atoms with van der Waals surface area (Å²) < 4.78 is 5.52. The number of hydrogen-bond donors (Lipinski definition) is 2. The third-order valence-electron chi connectivity index (χ3n) is 5.91. The van der Waals surface area contributed by atoms with E-state index in [1.165, 1.54) is 0 Å². The Bertz CT molecular complexity index is 1130. The van der Waals surface area contributed by atoms with Gasteiger partial charge in [-0.3, -0.25) is 9.63 Å². The van der Waals surface area contributed by atoms with Crippen molar-refractivity contribution in [3.05, 3.63) is 41.0 Å². The van der Waals surface area contributed by atoms with Gasteiger partial charge in [-0.1, -0.05) is 11.6 Å². The van der Waals surface area contributed by atoms with Gasteiger partial charge in [0.2, 0.25) is 5.88 Å². The molecule has 4 rings (SSSR count). The van der Waals surface area contributed by atoms with Crippen LogP contribution >= 0.6 is 11.6 Å². The molecule has 0 radical (unpaired) electrons. The molecule has 1 aliphatic heterocycles. The van der Waals surface area contributed by atoms with Gasteiger partial charge < -0.3 is 19.5 Å². The van der Waals surface area contributed by atoms with Crippen LogP contribution in [-0.4, -0.2) is 68.2 Å². The molecule has 1 atom stereocenters. The number of pyridine rings is 1. The van der Waals surface area contributed by atoms with E-state index in [0.29, 0.717) is 29.1 Å². The molecule has 1 unspecified atom stereocenters.